The van der Waals surface area contributed by atoms with Gasteiger partial charge in [0, 0.05) is 29.2 Å². The Kier molecular flexibility index (Phi) is 3.11. The Morgan fingerprint density at radius 1 is 1.22 bits per heavy atom. The first-order valence-corrected chi connectivity index (χ1v) is 5.75. The molecule has 0 bridgehead atoms. The molecule has 1 heterocycles. The first-order chi connectivity index (χ1) is 8.34. The Balaban J connectivity index is 2.67. The van der Waals surface area contributed by atoms with Gasteiger partial charge in [-0.05, 0) is 38.1 Å². The van der Waals surface area contributed by atoms with E-state index in [1.54, 1.807) is 6.07 Å². The summed E-state index contributed by atoms with van der Waals surface area (Å²) < 4.78 is 39.9. The van der Waals surface area contributed by atoms with E-state index < -0.39 is 11.7 Å². The molecular formula is C13H15F3N2. The van der Waals surface area contributed by atoms with E-state index in [1.807, 2.05) is 18.4 Å². The van der Waals surface area contributed by atoms with Crippen molar-refractivity contribution in [1.29, 1.82) is 0 Å². The zero-order chi connectivity index (χ0) is 13.5. The number of fused-ring (bicyclic) bond motifs is 1. The second-order valence-electron chi connectivity index (χ2n) is 4.57. The molecular weight excluding hydrogens is 241 g/mol. The van der Waals surface area contributed by atoms with Crippen LogP contribution in [-0.2, 0) is 12.7 Å². The Bertz CT molecular complexity index is 567. The molecule has 0 fully saturated rings. The van der Waals surface area contributed by atoms with E-state index in [-0.39, 0.29) is 6.04 Å². The lowest BCUT2D eigenvalue weighted by Crippen LogP contribution is -2.09. The average Bonchev–Trinajstić information content (AvgIpc) is 2.64. The van der Waals surface area contributed by atoms with Gasteiger partial charge in [0.05, 0.1) is 5.56 Å². The topological polar surface area (TPSA) is 30.9 Å². The van der Waals surface area contributed by atoms with E-state index >= 15 is 0 Å². The summed E-state index contributed by atoms with van der Waals surface area (Å²) in [5.74, 6) is 0. The molecule has 18 heavy (non-hydrogen) atoms. The van der Waals surface area contributed by atoms with Crippen molar-refractivity contribution in [2.75, 3.05) is 0 Å². The minimum atomic E-state index is -4.31. The van der Waals surface area contributed by atoms with Crippen LogP contribution in [-0.4, -0.2) is 4.57 Å². The van der Waals surface area contributed by atoms with Gasteiger partial charge < -0.3 is 10.3 Å². The Morgan fingerprint density at radius 2 is 1.89 bits per heavy atom. The van der Waals surface area contributed by atoms with Gasteiger partial charge in [-0.3, -0.25) is 0 Å². The number of rotatable bonds is 2. The number of benzene rings is 1. The van der Waals surface area contributed by atoms with E-state index in [1.165, 1.54) is 12.1 Å². The van der Waals surface area contributed by atoms with E-state index in [0.29, 0.717) is 11.9 Å². The van der Waals surface area contributed by atoms with Crippen LogP contribution in [0.2, 0.25) is 0 Å². The molecule has 2 nitrogen and oxygen atoms in total. The highest BCUT2D eigenvalue weighted by Crippen LogP contribution is 2.33. The average molecular weight is 256 g/mol. The number of hydrogen-bond acceptors (Lipinski definition) is 1. The summed E-state index contributed by atoms with van der Waals surface area (Å²) in [5.41, 5.74) is 6.64. The van der Waals surface area contributed by atoms with Gasteiger partial charge in [-0.2, -0.15) is 13.2 Å². The van der Waals surface area contributed by atoms with E-state index in [9.17, 15) is 13.2 Å². The van der Waals surface area contributed by atoms with Crippen LogP contribution in [0.25, 0.3) is 10.9 Å². The van der Waals surface area contributed by atoms with Gasteiger partial charge in [0.15, 0.2) is 0 Å². The molecule has 0 aliphatic rings. The van der Waals surface area contributed by atoms with Gasteiger partial charge >= 0.3 is 6.18 Å². The predicted octanol–water partition coefficient (Wildman–Crippen LogP) is 3.70. The summed E-state index contributed by atoms with van der Waals surface area (Å²) in [6.07, 6.45) is -4.31. The lowest BCUT2D eigenvalue weighted by molar-refractivity contribution is -0.137. The largest absolute Gasteiger partial charge is 0.416 e. The van der Waals surface area contributed by atoms with Crippen molar-refractivity contribution in [1.82, 2.24) is 4.57 Å². The normalized spacial score (nSPS) is 12.6. The van der Waals surface area contributed by atoms with Crippen LogP contribution in [0, 0.1) is 0 Å². The third-order valence-corrected chi connectivity index (χ3v) is 2.97. The monoisotopic (exact) mass is 256 g/mol. The standard InChI is InChI=1S/C13H15F3N2/c1-8(2)18-11(7-17)6-9-5-10(13(14,15)16)3-4-12(9)18/h3-6,8H,7,17H2,1-2H3. The maximum absolute atomic E-state index is 12.6. The first-order valence-electron chi connectivity index (χ1n) is 5.75. The molecule has 0 amide bonds. The van der Waals surface area contributed by atoms with E-state index in [4.69, 9.17) is 5.73 Å². The molecule has 1 aromatic heterocycles. The van der Waals surface area contributed by atoms with Crippen LogP contribution < -0.4 is 5.73 Å². The summed E-state index contributed by atoms with van der Waals surface area (Å²) in [6, 6.07) is 5.69. The second kappa shape index (κ2) is 4.31. The van der Waals surface area contributed by atoms with E-state index in [2.05, 4.69) is 0 Å². The van der Waals surface area contributed by atoms with Gasteiger partial charge in [0.25, 0.3) is 0 Å². The quantitative estimate of drug-likeness (QED) is 0.872. The zero-order valence-corrected chi connectivity index (χ0v) is 10.3. The molecule has 98 valence electrons. The Hall–Kier alpha value is -1.49. The lowest BCUT2D eigenvalue weighted by Gasteiger charge is -2.14. The molecule has 1 aromatic carbocycles. The molecule has 0 spiro atoms. The summed E-state index contributed by atoms with van der Waals surface area (Å²) in [7, 11) is 0. The number of hydrogen-bond donors (Lipinski definition) is 1. The fraction of sp³-hybridized carbons (Fsp3) is 0.385. The molecule has 0 aliphatic carbocycles. The third-order valence-electron chi connectivity index (χ3n) is 2.97. The van der Waals surface area contributed by atoms with Gasteiger partial charge in [-0.1, -0.05) is 0 Å². The minimum absolute atomic E-state index is 0.165. The predicted molar refractivity (Wildman–Crippen MR) is 65.2 cm³/mol. The van der Waals surface area contributed by atoms with Gasteiger partial charge in [-0.25, -0.2) is 0 Å². The van der Waals surface area contributed by atoms with Crippen molar-refractivity contribution in [3.63, 3.8) is 0 Å². The molecule has 5 heteroatoms. The molecule has 0 atom stereocenters. The summed E-state index contributed by atoms with van der Waals surface area (Å²) in [4.78, 5) is 0. The minimum Gasteiger partial charge on any atom is -0.341 e. The molecule has 0 unspecified atom stereocenters. The van der Waals surface area contributed by atoms with Crippen LogP contribution in [0.3, 0.4) is 0 Å². The van der Waals surface area contributed by atoms with Crippen molar-refractivity contribution in [3.05, 3.63) is 35.5 Å². The SMILES string of the molecule is CC(C)n1c(CN)cc2cc(C(F)(F)F)ccc21. The highest BCUT2D eigenvalue weighted by molar-refractivity contribution is 5.82. The van der Waals surface area contributed by atoms with Crippen molar-refractivity contribution >= 4 is 10.9 Å². The fourth-order valence-corrected chi connectivity index (χ4v) is 2.24. The molecule has 0 saturated heterocycles. The van der Waals surface area contributed by atoms with Crippen LogP contribution in [0.5, 0.6) is 0 Å². The summed E-state index contributed by atoms with van der Waals surface area (Å²) in [6.45, 7) is 4.28. The summed E-state index contributed by atoms with van der Waals surface area (Å²) >= 11 is 0. The third kappa shape index (κ3) is 2.10. The molecule has 2 rings (SSSR count). The van der Waals surface area contributed by atoms with Crippen LogP contribution in [0.15, 0.2) is 24.3 Å². The molecule has 0 aliphatic heterocycles. The fourth-order valence-electron chi connectivity index (χ4n) is 2.24. The lowest BCUT2D eigenvalue weighted by atomic mass is 10.1. The second-order valence-corrected chi connectivity index (χ2v) is 4.57. The maximum Gasteiger partial charge on any atom is 0.416 e. The first kappa shape index (κ1) is 13.0. The highest BCUT2D eigenvalue weighted by atomic mass is 19.4. The summed E-state index contributed by atoms with van der Waals surface area (Å²) in [5, 5.41) is 0.582. The maximum atomic E-state index is 12.6. The molecule has 0 radical (unpaired) electrons. The number of nitrogens with zero attached hydrogens (tertiary/aromatic N) is 1. The molecule has 2 aromatic rings. The molecule has 2 N–H and O–H groups in total. The zero-order valence-electron chi connectivity index (χ0n) is 10.3. The van der Waals surface area contributed by atoms with Gasteiger partial charge in [0.1, 0.15) is 0 Å². The molecule has 0 saturated carbocycles. The van der Waals surface area contributed by atoms with E-state index in [0.717, 1.165) is 17.3 Å². The van der Waals surface area contributed by atoms with Crippen molar-refractivity contribution < 1.29 is 13.2 Å². The van der Waals surface area contributed by atoms with Crippen LogP contribution in [0.1, 0.15) is 31.1 Å². The van der Waals surface area contributed by atoms with Crippen LogP contribution >= 0.6 is 0 Å². The van der Waals surface area contributed by atoms with Gasteiger partial charge in [0.2, 0.25) is 0 Å². The highest BCUT2D eigenvalue weighted by Gasteiger charge is 2.30. The number of alkyl halides is 3. The Morgan fingerprint density at radius 3 is 2.39 bits per heavy atom. The smallest absolute Gasteiger partial charge is 0.341 e. The number of halogens is 3. The van der Waals surface area contributed by atoms with Crippen molar-refractivity contribution in [3.8, 4) is 0 Å². The van der Waals surface area contributed by atoms with Crippen molar-refractivity contribution in [2.24, 2.45) is 5.73 Å². The van der Waals surface area contributed by atoms with Gasteiger partial charge in [-0.15, -0.1) is 0 Å². The number of aromatic nitrogens is 1. The Labute approximate surface area is 103 Å². The number of nitrogens with two attached hydrogens (primary N) is 1. The van der Waals surface area contributed by atoms with Crippen molar-refractivity contribution in [2.45, 2.75) is 32.6 Å². The van der Waals surface area contributed by atoms with Crippen LogP contribution in [0.4, 0.5) is 13.2 Å².